The van der Waals surface area contributed by atoms with Gasteiger partial charge in [0.25, 0.3) is 5.69 Å². The number of nitrogens with zero attached hydrogens (tertiary/aromatic N) is 2. The zero-order valence-corrected chi connectivity index (χ0v) is 13.2. The van der Waals surface area contributed by atoms with Crippen LogP contribution in [0.5, 0.6) is 11.5 Å². The van der Waals surface area contributed by atoms with Crippen molar-refractivity contribution in [2.75, 3.05) is 12.2 Å². The van der Waals surface area contributed by atoms with E-state index in [1.165, 1.54) is 36.5 Å². The second-order valence-electron chi connectivity index (χ2n) is 4.89. The first kappa shape index (κ1) is 16.5. The summed E-state index contributed by atoms with van der Waals surface area (Å²) in [6.07, 6.45) is 1.21. The lowest BCUT2D eigenvalue weighted by atomic mass is 10.1. The van der Waals surface area contributed by atoms with E-state index in [1.807, 2.05) is 0 Å². The molecule has 0 bridgehead atoms. The molecule has 1 aliphatic heterocycles. The molecule has 0 aromatic heterocycles. The van der Waals surface area contributed by atoms with Crippen molar-refractivity contribution in [2.45, 2.75) is 0 Å². The van der Waals surface area contributed by atoms with Crippen LogP contribution in [0.2, 0.25) is 5.02 Å². The third-order valence-corrected chi connectivity index (χ3v) is 3.65. The number of hydrogen-bond donors (Lipinski definition) is 2. The average molecular weight is 364 g/mol. The van der Waals surface area contributed by atoms with Gasteiger partial charge in [0.2, 0.25) is 6.79 Å². The Morgan fingerprint density at radius 2 is 2.04 bits per heavy atom. The Morgan fingerprint density at radius 1 is 1.32 bits per heavy atom. The summed E-state index contributed by atoms with van der Waals surface area (Å²) in [5.74, 6) is -0.456. The number of carboxylic acid groups (broad SMARTS) is 1. The van der Waals surface area contributed by atoms with E-state index in [1.54, 1.807) is 0 Å². The van der Waals surface area contributed by atoms with E-state index in [0.29, 0.717) is 5.75 Å². The monoisotopic (exact) mass is 363 g/mol. The van der Waals surface area contributed by atoms with E-state index < -0.39 is 10.9 Å². The molecule has 2 aromatic rings. The van der Waals surface area contributed by atoms with Gasteiger partial charge in [-0.25, -0.2) is 4.79 Å². The quantitative estimate of drug-likeness (QED) is 0.475. The molecule has 0 saturated carbocycles. The summed E-state index contributed by atoms with van der Waals surface area (Å²) in [7, 11) is 0. The summed E-state index contributed by atoms with van der Waals surface area (Å²) >= 11 is 5.97. The smallest absolute Gasteiger partial charge is 0.335 e. The van der Waals surface area contributed by atoms with E-state index in [4.69, 9.17) is 26.2 Å². The minimum Gasteiger partial charge on any atom is -0.478 e. The molecule has 0 fully saturated rings. The average Bonchev–Trinajstić information content (AvgIpc) is 3.02. The first-order chi connectivity index (χ1) is 12.0. The van der Waals surface area contributed by atoms with Crippen molar-refractivity contribution in [1.29, 1.82) is 0 Å². The Kier molecular flexibility index (Phi) is 4.40. The van der Waals surface area contributed by atoms with Crippen molar-refractivity contribution < 1.29 is 24.3 Å². The predicted molar refractivity (Wildman–Crippen MR) is 88.8 cm³/mol. The second-order valence-corrected chi connectivity index (χ2v) is 5.30. The SMILES string of the molecule is O=C(O)c1ccc(Cl)c(N/N=C/c2cc3c(cc2[N+](=O)[O-])OCO3)c1. The molecular formula is C15H10ClN3O6. The van der Waals surface area contributed by atoms with Crippen LogP contribution in [0.4, 0.5) is 11.4 Å². The predicted octanol–water partition coefficient (Wildman–Crippen LogP) is 3.12. The highest BCUT2D eigenvalue weighted by Gasteiger charge is 2.22. The van der Waals surface area contributed by atoms with Crippen molar-refractivity contribution >= 4 is 35.2 Å². The van der Waals surface area contributed by atoms with Crippen LogP contribution in [0.1, 0.15) is 15.9 Å². The standard InChI is InChI=1S/C15H10ClN3O6/c16-10-2-1-8(15(20)21)3-11(10)18-17-6-9-4-13-14(25-7-24-13)5-12(9)19(22)23/h1-6,18H,7H2,(H,20,21)/b17-6+. The highest BCUT2D eigenvalue weighted by molar-refractivity contribution is 6.33. The van der Waals surface area contributed by atoms with Crippen molar-refractivity contribution in [3.05, 3.63) is 56.6 Å². The lowest BCUT2D eigenvalue weighted by Crippen LogP contribution is -1.99. The molecule has 0 amide bonds. The van der Waals surface area contributed by atoms with Crippen molar-refractivity contribution in [1.82, 2.24) is 0 Å². The molecule has 0 saturated heterocycles. The zero-order valence-electron chi connectivity index (χ0n) is 12.4. The van der Waals surface area contributed by atoms with E-state index in [9.17, 15) is 14.9 Å². The lowest BCUT2D eigenvalue weighted by Gasteiger charge is -2.05. The van der Waals surface area contributed by atoms with Gasteiger partial charge in [-0.2, -0.15) is 5.10 Å². The number of anilines is 1. The molecule has 1 aliphatic rings. The first-order valence-electron chi connectivity index (χ1n) is 6.85. The molecule has 0 aliphatic carbocycles. The van der Waals surface area contributed by atoms with Gasteiger partial charge in [-0.1, -0.05) is 11.6 Å². The number of hydrogen-bond acceptors (Lipinski definition) is 7. The maximum Gasteiger partial charge on any atom is 0.335 e. The van der Waals surface area contributed by atoms with Crippen LogP contribution < -0.4 is 14.9 Å². The summed E-state index contributed by atoms with van der Waals surface area (Å²) in [6.45, 7) is -0.0110. The molecule has 0 atom stereocenters. The van der Waals surface area contributed by atoms with Crippen LogP contribution in [0.15, 0.2) is 35.4 Å². The Morgan fingerprint density at radius 3 is 2.72 bits per heavy atom. The molecule has 10 heteroatoms. The number of benzene rings is 2. The number of carbonyl (C=O) groups is 1. The van der Waals surface area contributed by atoms with Gasteiger partial charge in [-0.15, -0.1) is 0 Å². The van der Waals surface area contributed by atoms with Gasteiger partial charge in [-0.05, 0) is 24.3 Å². The van der Waals surface area contributed by atoms with Crippen molar-refractivity contribution in [3.63, 3.8) is 0 Å². The van der Waals surface area contributed by atoms with E-state index in [2.05, 4.69) is 10.5 Å². The number of nitro groups is 1. The van der Waals surface area contributed by atoms with Crippen LogP contribution >= 0.6 is 11.6 Å². The Balaban J connectivity index is 1.87. The van der Waals surface area contributed by atoms with Crippen LogP contribution in [-0.4, -0.2) is 29.0 Å². The molecule has 9 nitrogen and oxygen atoms in total. The molecule has 128 valence electrons. The Hall–Kier alpha value is -3.33. The summed E-state index contributed by atoms with van der Waals surface area (Å²) < 4.78 is 10.3. The van der Waals surface area contributed by atoms with Gasteiger partial charge in [-0.3, -0.25) is 15.5 Å². The minimum absolute atomic E-state index is 0.0110. The molecule has 2 N–H and O–H groups in total. The van der Waals surface area contributed by atoms with E-state index >= 15 is 0 Å². The Labute approximate surface area is 145 Å². The number of aromatic carboxylic acids is 1. The second kappa shape index (κ2) is 6.65. The third kappa shape index (κ3) is 3.45. The van der Waals surface area contributed by atoms with E-state index in [-0.39, 0.29) is 40.1 Å². The number of hydrazone groups is 1. The third-order valence-electron chi connectivity index (χ3n) is 3.32. The number of fused-ring (bicyclic) bond motifs is 1. The molecule has 3 rings (SSSR count). The van der Waals surface area contributed by atoms with E-state index in [0.717, 1.165) is 0 Å². The summed E-state index contributed by atoms with van der Waals surface area (Å²) in [4.78, 5) is 21.6. The normalized spacial score (nSPS) is 12.4. The topological polar surface area (TPSA) is 123 Å². The zero-order chi connectivity index (χ0) is 18.0. The number of carboxylic acids is 1. The molecule has 1 heterocycles. The fourth-order valence-corrected chi connectivity index (χ4v) is 2.28. The van der Waals surface area contributed by atoms with Gasteiger partial charge in [0.1, 0.15) is 0 Å². The highest BCUT2D eigenvalue weighted by atomic mass is 35.5. The van der Waals surface area contributed by atoms with Crippen LogP contribution in [0.3, 0.4) is 0 Å². The number of halogens is 1. The molecule has 0 unspecified atom stereocenters. The van der Waals surface area contributed by atoms with Crippen LogP contribution in [0.25, 0.3) is 0 Å². The first-order valence-corrected chi connectivity index (χ1v) is 7.23. The summed E-state index contributed by atoms with van der Waals surface area (Å²) in [5.41, 5.74) is 2.82. The molecule has 2 aromatic carbocycles. The van der Waals surface area contributed by atoms with Crippen molar-refractivity contribution in [2.24, 2.45) is 5.10 Å². The van der Waals surface area contributed by atoms with Gasteiger partial charge in [0, 0.05) is 0 Å². The number of nitro benzene ring substituents is 1. The van der Waals surface area contributed by atoms with Gasteiger partial charge in [0.05, 0.1) is 39.0 Å². The van der Waals surface area contributed by atoms with Crippen LogP contribution in [-0.2, 0) is 0 Å². The maximum absolute atomic E-state index is 11.2. The summed E-state index contributed by atoms with van der Waals surface area (Å²) in [6, 6.07) is 6.74. The molecule has 0 spiro atoms. The van der Waals surface area contributed by atoms with Crippen molar-refractivity contribution in [3.8, 4) is 11.5 Å². The summed E-state index contributed by atoms with van der Waals surface area (Å²) in [5, 5.41) is 24.3. The van der Waals surface area contributed by atoms with Gasteiger partial charge < -0.3 is 14.6 Å². The van der Waals surface area contributed by atoms with Gasteiger partial charge >= 0.3 is 5.97 Å². The number of ether oxygens (including phenoxy) is 2. The highest BCUT2D eigenvalue weighted by Crippen LogP contribution is 2.37. The fourth-order valence-electron chi connectivity index (χ4n) is 2.12. The molecule has 0 radical (unpaired) electrons. The Bertz CT molecular complexity index is 899. The maximum atomic E-state index is 11.2. The number of rotatable bonds is 5. The molecular weight excluding hydrogens is 354 g/mol. The number of nitrogens with one attached hydrogen (secondary N) is 1. The minimum atomic E-state index is -1.12. The molecule has 25 heavy (non-hydrogen) atoms. The lowest BCUT2D eigenvalue weighted by molar-refractivity contribution is -0.385. The van der Waals surface area contributed by atoms with Gasteiger partial charge in [0.15, 0.2) is 11.5 Å². The largest absolute Gasteiger partial charge is 0.478 e. The van der Waals surface area contributed by atoms with Crippen LogP contribution in [0, 0.1) is 10.1 Å². The fraction of sp³-hybridized carbons (Fsp3) is 0.0667.